The summed E-state index contributed by atoms with van der Waals surface area (Å²) >= 11 is 0. The van der Waals surface area contributed by atoms with E-state index in [1.165, 1.54) is 29.4 Å². The van der Waals surface area contributed by atoms with E-state index >= 15 is 0 Å². The van der Waals surface area contributed by atoms with Gasteiger partial charge in [0.2, 0.25) is 11.4 Å². The largest absolute Gasteiger partial charge is 0.462 e. The van der Waals surface area contributed by atoms with E-state index in [4.69, 9.17) is 9.47 Å². The van der Waals surface area contributed by atoms with Gasteiger partial charge in [-0.3, -0.25) is 9.36 Å². The first-order valence-corrected chi connectivity index (χ1v) is 6.96. The van der Waals surface area contributed by atoms with Crippen molar-refractivity contribution >= 4 is 11.9 Å². The molecule has 0 aliphatic carbocycles. The van der Waals surface area contributed by atoms with E-state index in [0.29, 0.717) is 0 Å². The molecular formula is C15H15N3O5. The number of pyridine rings is 1. The van der Waals surface area contributed by atoms with E-state index in [2.05, 4.69) is 9.97 Å². The number of hydrogen-bond acceptors (Lipinski definition) is 7. The first-order valence-electron chi connectivity index (χ1n) is 6.96. The smallest absolute Gasteiger partial charge is 0.343 e. The summed E-state index contributed by atoms with van der Waals surface area (Å²) in [6, 6.07) is 1.62. The van der Waals surface area contributed by atoms with Crippen molar-refractivity contribution in [1.82, 2.24) is 14.5 Å². The van der Waals surface area contributed by atoms with Crippen molar-refractivity contribution in [1.29, 1.82) is 0 Å². The zero-order valence-electron chi connectivity index (χ0n) is 12.7. The third-order valence-electron chi connectivity index (χ3n) is 2.80. The molecule has 2 heterocycles. The Labute approximate surface area is 131 Å². The van der Waals surface area contributed by atoms with Crippen molar-refractivity contribution in [2.45, 2.75) is 13.8 Å². The standard InChI is InChI=1S/C15H15N3O5/c1-3-22-13(20)10-8-18(15-16-6-5-7-17-15)9-11(12(10)19)14(21)23-4-2/h5-9H,3-4H2,1-2H3. The minimum Gasteiger partial charge on any atom is -0.462 e. The summed E-state index contributed by atoms with van der Waals surface area (Å²) in [5.74, 6) is -1.45. The first kappa shape index (κ1) is 16.3. The second kappa shape index (κ2) is 7.30. The highest BCUT2D eigenvalue weighted by atomic mass is 16.5. The van der Waals surface area contributed by atoms with Crippen LogP contribution in [-0.2, 0) is 9.47 Å². The molecule has 120 valence electrons. The quantitative estimate of drug-likeness (QED) is 0.758. The molecule has 23 heavy (non-hydrogen) atoms. The third kappa shape index (κ3) is 3.60. The molecule has 8 heteroatoms. The predicted molar refractivity (Wildman–Crippen MR) is 79.5 cm³/mol. The van der Waals surface area contributed by atoms with Crippen molar-refractivity contribution in [3.8, 4) is 5.95 Å². The number of carbonyl (C=O) groups is 2. The van der Waals surface area contributed by atoms with E-state index < -0.39 is 17.4 Å². The lowest BCUT2D eigenvalue weighted by Crippen LogP contribution is -2.27. The molecule has 0 aromatic carbocycles. The number of rotatable bonds is 5. The van der Waals surface area contributed by atoms with Crippen LogP contribution in [0.1, 0.15) is 34.6 Å². The normalized spacial score (nSPS) is 10.2. The van der Waals surface area contributed by atoms with Gasteiger partial charge in [-0.25, -0.2) is 19.6 Å². The summed E-state index contributed by atoms with van der Waals surface area (Å²) in [6.45, 7) is 3.44. The van der Waals surface area contributed by atoms with Crippen LogP contribution in [0, 0.1) is 0 Å². The average Bonchev–Trinajstić information content (AvgIpc) is 2.56. The maximum atomic E-state index is 12.3. The Morgan fingerprint density at radius 3 is 1.91 bits per heavy atom. The number of carbonyl (C=O) groups excluding carboxylic acids is 2. The summed E-state index contributed by atoms with van der Waals surface area (Å²) in [4.78, 5) is 44.3. The molecule has 0 unspecified atom stereocenters. The minimum absolute atomic E-state index is 0.101. The highest BCUT2D eigenvalue weighted by Gasteiger charge is 2.21. The van der Waals surface area contributed by atoms with Crippen LogP contribution < -0.4 is 5.43 Å². The van der Waals surface area contributed by atoms with Crippen LogP contribution in [-0.4, -0.2) is 39.7 Å². The van der Waals surface area contributed by atoms with Gasteiger partial charge in [0.1, 0.15) is 11.1 Å². The fourth-order valence-electron chi connectivity index (χ4n) is 1.83. The summed E-state index contributed by atoms with van der Waals surface area (Å²) in [6.07, 6.45) is 5.46. The fraction of sp³-hybridized carbons (Fsp3) is 0.267. The number of esters is 2. The molecule has 0 atom stereocenters. The van der Waals surface area contributed by atoms with Gasteiger partial charge in [0.05, 0.1) is 13.2 Å². The van der Waals surface area contributed by atoms with Crippen molar-refractivity contribution < 1.29 is 19.1 Å². The lowest BCUT2D eigenvalue weighted by Gasteiger charge is -2.09. The lowest BCUT2D eigenvalue weighted by molar-refractivity contribution is 0.0520. The Kier molecular flexibility index (Phi) is 5.19. The number of ether oxygens (including phenoxy) is 2. The van der Waals surface area contributed by atoms with Gasteiger partial charge in [-0.2, -0.15) is 0 Å². The molecule has 2 rings (SSSR count). The Morgan fingerprint density at radius 1 is 1.00 bits per heavy atom. The molecule has 0 aliphatic heterocycles. The summed E-state index contributed by atoms with van der Waals surface area (Å²) in [5.41, 5.74) is -1.33. The number of aromatic nitrogens is 3. The molecule has 2 aromatic heterocycles. The second-order valence-corrected chi connectivity index (χ2v) is 4.31. The van der Waals surface area contributed by atoms with Crippen LogP contribution in [0.3, 0.4) is 0 Å². The van der Waals surface area contributed by atoms with E-state index in [1.54, 1.807) is 19.9 Å². The maximum Gasteiger partial charge on any atom is 0.343 e. The van der Waals surface area contributed by atoms with Crippen LogP contribution in [0.15, 0.2) is 35.6 Å². The van der Waals surface area contributed by atoms with Crippen molar-refractivity contribution in [3.05, 3.63) is 52.2 Å². The fourth-order valence-corrected chi connectivity index (χ4v) is 1.83. The van der Waals surface area contributed by atoms with Gasteiger partial charge in [-0.1, -0.05) is 0 Å². The molecule has 0 spiro atoms. The van der Waals surface area contributed by atoms with Gasteiger partial charge in [0.15, 0.2) is 0 Å². The van der Waals surface area contributed by atoms with Crippen molar-refractivity contribution in [2.24, 2.45) is 0 Å². The summed E-state index contributed by atoms with van der Waals surface area (Å²) in [5, 5.41) is 0. The molecule has 0 amide bonds. The highest BCUT2D eigenvalue weighted by molar-refractivity contribution is 5.94. The van der Waals surface area contributed by atoms with E-state index in [-0.39, 0.29) is 30.3 Å². The predicted octanol–water partition coefficient (Wildman–Crippen LogP) is 0.981. The average molecular weight is 317 g/mol. The van der Waals surface area contributed by atoms with Gasteiger partial charge in [-0.05, 0) is 19.9 Å². The highest BCUT2D eigenvalue weighted by Crippen LogP contribution is 2.07. The zero-order chi connectivity index (χ0) is 16.8. The molecular weight excluding hydrogens is 302 g/mol. The Morgan fingerprint density at radius 2 is 1.48 bits per heavy atom. The maximum absolute atomic E-state index is 12.3. The van der Waals surface area contributed by atoms with Crippen molar-refractivity contribution in [2.75, 3.05) is 13.2 Å². The Hall–Kier alpha value is -3.03. The Balaban J connectivity index is 2.62. The molecule has 2 aromatic rings. The summed E-state index contributed by atoms with van der Waals surface area (Å²) < 4.78 is 11.0. The van der Waals surface area contributed by atoms with Gasteiger partial charge in [-0.15, -0.1) is 0 Å². The van der Waals surface area contributed by atoms with E-state index in [9.17, 15) is 14.4 Å². The monoisotopic (exact) mass is 317 g/mol. The lowest BCUT2D eigenvalue weighted by atomic mass is 10.2. The van der Waals surface area contributed by atoms with Gasteiger partial charge < -0.3 is 9.47 Å². The number of nitrogens with zero attached hydrogens (tertiary/aromatic N) is 3. The van der Waals surface area contributed by atoms with E-state index in [0.717, 1.165) is 0 Å². The third-order valence-corrected chi connectivity index (χ3v) is 2.80. The number of hydrogen-bond donors (Lipinski definition) is 0. The molecule has 0 saturated carbocycles. The van der Waals surface area contributed by atoms with Crippen LogP contribution in [0.5, 0.6) is 0 Å². The van der Waals surface area contributed by atoms with Crippen LogP contribution in [0.2, 0.25) is 0 Å². The zero-order valence-corrected chi connectivity index (χ0v) is 12.7. The van der Waals surface area contributed by atoms with Crippen LogP contribution in [0.4, 0.5) is 0 Å². The van der Waals surface area contributed by atoms with Crippen LogP contribution >= 0.6 is 0 Å². The molecule has 0 radical (unpaired) electrons. The molecule has 0 bridgehead atoms. The summed E-state index contributed by atoms with van der Waals surface area (Å²) in [7, 11) is 0. The van der Waals surface area contributed by atoms with Gasteiger partial charge >= 0.3 is 11.9 Å². The second-order valence-electron chi connectivity index (χ2n) is 4.31. The Bertz CT molecular complexity index is 728. The molecule has 0 aliphatic rings. The topological polar surface area (TPSA) is 100 Å². The molecule has 0 fully saturated rings. The van der Waals surface area contributed by atoms with E-state index in [1.807, 2.05) is 0 Å². The van der Waals surface area contributed by atoms with Gasteiger partial charge in [0.25, 0.3) is 0 Å². The van der Waals surface area contributed by atoms with Crippen LogP contribution in [0.25, 0.3) is 5.95 Å². The first-order chi connectivity index (χ1) is 11.1. The van der Waals surface area contributed by atoms with Crippen molar-refractivity contribution in [3.63, 3.8) is 0 Å². The minimum atomic E-state index is -0.826. The molecule has 0 saturated heterocycles. The molecule has 0 N–H and O–H groups in total. The molecule has 8 nitrogen and oxygen atoms in total. The van der Waals surface area contributed by atoms with Gasteiger partial charge in [0, 0.05) is 24.8 Å². The SMILES string of the molecule is CCOC(=O)c1cn(-c2ncccn2)cc(C(=O)OCC)c1=O.